The molecule has 0 radical (unpaired) electrons. The molecule has 1 aliphatic carbocycles. The van der Waals surface area contributed by atoms with Gasteiger partial charge in [0.25, 0.3) is 0 Å². The highest BCUT2D eigenvalue weighted by Gasteiger charge is 2.18. The smallest absolute Gasteiger partial charge is 0.167 e. The predicted molar refractivity (Wildman–Crippen MR) is 72.6 cm³/mol. The number of anilines is 1. The molecule has 0 aliphatic heterocycles. The fourth-order valence-electron chi connectivity index (χ4n) is 2.50. The molecule has 1 saturated carbocycles. The first-order valence-corrected chi connectivity index (χ1v) is 6.88. The number of rotatable bonds is 4. The van der Waals surface area contributed by atoms with Gasteiger partial charge < -0.3 is 10.1 Å². The van der Waals surface area contributed by atoms with Crippen LogP contribution in [0.2, 0.25) is 0 Å². The number of nitrogens with one attached hydrogen (secondary N) is 1. The number of hydrogen-bond donors (Lipinski definition) is 1. The van der Waals surface area contributed by atoms with Crippen LogP contribution in [0.3, 0.4) is 0 Å². The van der Waals surface area contributed by atoms with Crippen LogP contribution in [0.15, 0.2) is 18.2 Å². The van der Waals surface area contributed by atoms with E-state index in [1.165, 1.54) is 31.7 Å². The Bertz CT molecular complexity index is 386. The van der Waals surface area contributed by atoms with E-state index in [0.29, 0.717) is 18.4 Å². The molecule has 3 heteroatoms. The lowest BCUT2D eigenvalue weighted by Gasteiger charge is -2.27. The molecule has 1 fully saturated rings. The van der Waals surface area contributed by atoms with E-state index in [1.807, 2.05) is 13.0 Å². The third-order valence-electron chi connectivity index (χ3n) is 3.62. The van der Waals surface area contributed by atoms with Crippen molar-refractivity contribution >= 4 is 5.69 Å². The summed E-state index contributed by atoms with van der Waals surface area (Å²) in [5, 5.41) is 3.42. The van der Waals surface area contributed by atoms with Gasteiger partial charge in [-0.1, -0.05) is 6.92 Å². The molecule has 2 nitrogen and oxygen atoms in total. The van der Waals surface area contributed by atoms with Crippen molar-refractivity contribution in [1.82, 2.24) is 0 Å². The molecule has 0 spiro atoms. The minimum Gasteiger partial charge on any atom is -0.491 e. The van der Waals surface area contributed by atoms with Crippen molar-refractivity contribution in [1.29, 1.82) is 0 Å². The van der Waals surface area contributed by atoms with Gasteiger partial charge in [-0.25, -0.2) is 4.39 Å². The van der Waals surface area contributed by atoms with Gasteiger partial charge in [-0.2, -0.15) is 0 Å². The van der Waals surface area contributed by atoms with Crippen LogP contribution in [0.25, 0.3) is 0 Å². The summed E-state index contributed by atoms with van der Waals surface area (Å²) in [5.74, 6) is 0.881. The number of ether oxygens (including phenoxy) is 1. The minimum absolute atomic E-state index is 0.286. The van der Waals surface area contributed by atoms with Crippen LogP contribution in [-0.4, -0.2) is 12.6 Å². The average Bonchev–Trinajstić information content (AvgIpc) is 2.36. The van der Waals surface area contributed by atoms with Crippen molar-refractivity contribution in [2.24, 2.45) is 5.92 Å². The Morgan fingerprint density at radius 3 is 2.61 bits per heavy atom. The molecule has 1 aromatic carbocycles. The molecule has 1 aliphatic rings. The lowest BCUT2D eigenvalue weighted by molar-refractivity contribution is 0.321. The standard InChI is InChI=1S/C15H22FNO/c1-3-18-15-9-8-13(10-14(15)16)17-12-6-4-11(2)5-7-12/h8-12,17H,3-7H2,1-2H3. The zero-order chi connectivity index (χ0) is 13.0. The van der Waals surface area contributed by atoms with E-state index in [1.54, 1.807) is 6.07 Å². The summed E-state index contributed by atoms with van der Waals surface area (Å²) < 4.78 is 18.9. The molecular weight excluding hydrogens is 229 g/mol. The second kappa shape index (κ2) is 6.07. The Morgan fingerprint density at radius 2 is 2.00 bits per heavy atom. The highest BCUT2D eigenvalue weighted by Crippen LogP contribution is 2.27. The Labute approximate surface area is 109 Å². The molecule has 0 saturated heterocycles. The maximum Gasteiger partial charge on any atom is 0.167 e. The van der Waals surface area contributed by atoms with Crippen LogP contribution in [-0.2, 0) is 0 Å². The zero-order valence-corrected chi connectivity index (χ0v) is 11.2. The Balaban J connectivity index is 1.95. The fourth-order valence-corrected chi connectivity index (χ4v) is 2.50. The van der Waals surface area contributed by atoms with Gasteiger partial charge in [0.1, 0.15) is 0 Å². The molecule has 0 unspecified atom stereocenters. The number of benzene rings is 1. The maximum absolute atomic E-state index is 13.7. The molecule has 0 aromatic heterocycles. The topological polar surface area (TPSA) is 21.3 Å². The quantitative estimate of drug-likeness (QED) is 0.865. The molecule has 2 rings (SSSR count). The van der Waals surface area contributed by atoms with E-state index in [0.717, 1.165) is 11.6 Å². The molecular formula is C15H22FNO. The Morgan fingerprint density at radius 1 is 1.28 bits per heavy atom. The van der Waals surface area contributed by atoms with Crippen LogP contribution in [0.5, 0.6) is 5.75 Å². The van der Waals surface area contributed by atoms with E-state index in [9.17, 15) is 4.39 Å². The van der Waals surface area contributed by atoms with Gasteiger partial charge in [-0.3, -0.25) is 0 Å². The van der Waals surface area contributed by atoms with E-state index in [4.69, 9.17) is 4.74 Å². The van der Waals surface area contributed by atoms with Crippen molar-refractivity contribution in [2.45, 2.75) is 45.6 Å². The SMILES string of the molecule is CCOc1ccc(NC2CCC(C)CC2)cc1F. The number of hydrogen-bond acceptors (Lipinski definition) is 2. The van der Waals surface area contributed by atoms with Crippen molar-refractivity contribution in [3.05, 3.63) is 24.0 Å². The molecule has 0 bridgehead atoms. The molecule has 0 heterocycles. The molecule has 1 N–H and O–H groups in total. The first-order valence-electron chi connectivity index (χ1n) is 6.88. The van der Waals surface area contributed by atoms with Crippen LogP contribution in [0.4, 0.5) is 10.1 Å². The summed E-state index contributed by atoms with van der Waals surface area (Å²) in [7, 11) is 0. The maximum atomic E-state index is 13.7. The fraction of sp³-hybridized carbons (Fsp3) is 0.600. The van der Waals surface area contributed by atoms with E-state index >= 15 is 0 Å². The summed E-state index contributed by atoms with van der Waals surface area (Å²) in [6.45, 7) is 4.64. The van der Waals surface area contributed by atoms with Crippen molar-refractivity contribution in [3.8, 4) is 5.75 Å². The molecule has 18 heavy (non-hydrogen) atoms. The van der Waals surface area contributed by atoms with Crippen LogP contribution in [0, 0.1) is 11.7 Å². The predicted octanol–water partition coefficient (Wildman–Crippen LogP) is 4.22. The molecule has 1 aromatic rings. The molecule has 100 valence electrons. The normalized spacial score (nSPS) is 23.7. The second-order valence-corrected chi connectivity index (χ2v) is 5.18. The van der Waals surface area contributed by atoms with E-state index < -0.39 is 0 Å². The summed E-state index contributed by atoms with van der Waals surface area (Å²) in [4.78, 5) is 0. The van der Waals surface area contributed by atoms with Gasteiger partial charge >= 0.3 is 0 Å². The summed E-state index contributed by atoms with van der Waals surface area (Å²) in [5.41, 5.74) is 0.857. The minimum atomic E-state index is -0.286. The van der Waals surface area contributed by atoms with Gasteiger partial charge in [0, 0.05) is 17.8 Å². The third kappa shape index (κ3) is 3.37. The Hall–Kier alpha value is -1.25. The van der Waals surface area contributed by atoms with Crippen LogP contribution >= 0.6 is 0 Å². The molecule has 0 atom stereocenters. The Kier molecular flexibility index (Phi) is 4.45. The monoisotopic (exact) mass is 251 g/mol. The van der Waals surface area contributed by atoms with Crippen molar-refractivity contribution < 1.29 is 9.13 Å². The highest BCUT2D eigenvalue weighted by molar-refractivity contribution is 5.48. The average molecular weight is 251 g/mol. The third-order valence-corrected chi connectivity index (χ3v) is 3.62. The lowest BCUT2D eigenvalue weighted by atomic mass is 9.87. The summed E-state index contributed by atoms with van der Waals surface area (Å²) in [6.07, 6.45) is 4.88. The second-order valence-electron chi connectivity index (χ2n) is 5.18. The highest BCUT2D eigenvalue weighted by atomic mass is 19.1. The molecule has 0 amide bonds. The first-order chi connectivity index (χ1) is 8.69. The van der Waals surface area contributed by atoms with Gasteiger partial charge in [-0.15, -0.1) is 0 Å². The van der Waals surface area contributed by atoms with Crippen LogP contribution < -0.4 is 10.1 Å². The lowest BCUT2D eigenvalue weighted by Crippen LogP contribution is -2.25. The van der Waals surface area contributed by atoms with Gasteiger partial charge in [0.15, 0.2) is 11.6 Å². The summed E-state index contributed by atoms with van der Waals surface area (Å²) in [6, 6.07) is 5.61. The van der Waals surface area contributed by atoms with Crippen molar-refractivity contribution in [2.75, 3.05) is 11.9 Å². The summed E-state index contributed by atoms with van der Waals surface area (Å²) >= 11 is 0. The largest absolute Gasteiger partial charge is 0.491 e. The van der Waals surface area contributed by atoms with Gasteiger partial charge in [0.2, 0.25) is 0 Å². The van der Waals surface area contributed by atoms with E-state index in [-0.39, 0.29) is 5.82 Å². The zero-order valence-electron chi connectivity index (χ0n) is 11.2. The van der Waals surface area contributed by atoms with E-state index in [2.05, 4.69) is 12.2 Å². The van der Waals surface area contributed by atoms with Crippen molar-refractivity contribution in [3.63, 3.8) is 0 Å². The van der Waals surface area contributed by atoms with Gasteiger partial charge in [0.05, 0.1) is 6.61 Å². The first kappa shape index (κ1) is 13.2. The number of halogens is 1. The van der Waals surface area contributed by atoms with Crippen LogP contribution in [0.1, 0.15) is 39.5 Å². The van der Waals surface area contributed by atoms with Gasteiger partial charge in [-0.05, 0) is 50.7 Å².